The van der Waals surface area contributed by atoms with Crippen LogP contribution in [0.2, 0.25) is 0 Å². The van der Waals surface area contributed by atoms with Crippen molar-refractivity contribution in [3.63, 3.8) is 0 Å². The van der Waals surface area contributed by atoms with Gasteiger partial charge in [0.15, 0.2) is 0 Å². The van der Waals surface area contributed by atoms with Crippen LogP contribution in [0, 0.1) is 5.82 Å². The molecule has 0 spiro atoms. The van der Waals surface area contributed by atoms with Crippen LogP contribution in [0.5, 0.6) is 5.75 Å². The van der Waals surface area contributed by atoms with Crippen LogP contribution in [-0.4, -0.2) is 54.5 Å². The largest absolute Gasteiger partial charge is 0.496 e. The number of carbonyl (C=O) groups is 3. The van der Waals surface area contributed by atoms with Gasteiger partial charge >= 0.3 is 6.03 Å². The van der Waals surface area contributed by atoms with Gasteiger partial charge in [-0.3, -0.25) is 14.9 Å². The Balaban J connectivity index is 1.45. The third-order valence-corrected chi connectivity index (χ3v) is 5.17. The number of nitrogens with zero attached hydrogens (tertiary/aromatic N) is 2. The lowest BCUT2D eigenvalue weighted by Crippen LogP contribution is -2.49. The molecule has 4 rings (SSSR count). The van der Waals surface area contributed by atoms with Crippen molar-refractivity contribution in [3.8, 4) is 16.9 Å². The lowest BCUT2D eigenvalue weighted by atomic mass is 10.1. The smallest absolute Gasteiger partial charge is 0.324 e. The number of carbonyl (C=O) groups excluding carboxylic acids is 3. The molecule has 2 aromatic carbocycles. The zero-order valence-corrected chi connectivity index (χ0v) is 18.3. The van der Waals surface area contributed by atoms with E-state index in [0.29, 0.717) is 41.2 Å². The first-order valence-electron chi connectivity index (χ1n) is 10.5. The fraction of sp³-hybridized carbons (Fsp3) is 0.167. The minimum atomic E-state index is -0.558. The molecule has 0 saturated carbocycles. The van der Waals surface area contributed by atoms with Crippen LogP contribution in [0.4, 0.5) is 20.7 Å². The lowest BCUT2D eigenvalue weighted by Gasteiger charge is -2.26. The molecule has 1 aliphatic rings. The summed E-state index contributed by atoms with van der Waals surface area (Å²) < 4.78 is 18.8. The van der Waals surface area contributed by atoms with Crippen molar-refractivity contribution in [2.75, 3.05) is 37.4 Å². The summed E-state index contributed by atoms with van der Waals surface area (Å²) in [6.07, 6.45) is 1.52. The number of amides is 4. The maximum absolute atomic E-state index is 13.5. The van der Waals surface area contributed by atoms with E-state index < -0.39 is 11.8 Å². The maximum Gasteiger partial charge on any atom is 0.324 e. The second-order valence-corrected chi connectivity index (χ2v) is 7.51. The van der Waals surface area contributed by atoms with Crippen molar-refractivity contribution in [2.24, 2.45) is 0 Å². The van der Waals surface area contributed by atoms with Crippen LogP contribution in [0.3, 0.4) is 0 Å². The maximum atomic E-state index is 13.5. The molecule has 1 saturated heterocycles. The topological polar surface area (TPSA) is 113 Å². The molecular weight excluding hydrogens is 441 g/mol. The first-order valence-corrected chi connectivity index (χ1v) is 10.5. The highest BCUT2D eigenvalue weighted by molar-refractivity contribution is 6.02. The van der Waals surface area contributed by atoms with E-state index in [0.717, 1.165) is 0 Å². The first-order chi connectivity index (χ1) is 16.4. The minimum Gasteiger partial charge on any atom is -0.496 e. The monoisotopic (exact) mass is 463 g/mol. The molecule has 3 N–H and O–H groups in total. The van der Waals surface area contributed by atoms with E-state index in [1.165, 1.54) is 30.3 Å². The van der Waals surface area contributed by atoms with Gasteiger partial charge in [-0.25, -0.2) is 14.2 Å². The average Bonchev–Trinajstić information content (AvgIpc) is 2.83. The molecule has 1 aliphatic heterocycles. The van der Waals surface area contributed by atoms with Crippen LogP contribution in [0.1, 0.15) is 10.4 Å². The molecule has 9 nitrogen and oxygen atoms in total. The Hall–Kier alpha value is -4.47. The van der Waals surface area contributed by atoms with Crippen molar-refractivity contribution in [3.05, 3.63) is 72.2 Å². The van der Waals surface area contributed by atoms with Crippen LogP contribution in [0.25, 0.3) is 11.1 Å². The van der Waals surface area contributed by atoms with Crippen molar-refractivity contribution in [1.82, 2.24) is 15.2 Å². The number of hydrogen-bond acceptors (Lipinski definition) is 5. The number of nitrogens with one attached hydrogen (secondary N) is 3. The predicted octanol–water partition coefficient (Wildman–Crippen LogP) is 3.11. The Bertz CT molecular complexity index is 1250. The molecule has 0 unspecified atom stereocenters. The number of halogens is 1. The first kappa shape index (κ1) is 22.7. The molecule has 1 fully saturated rings. The average molecular weight is 463 g/mol. The van der Waals surface area contributed by atoms with Crippen LogP contribution in [-0.2, 0) is 4.79 Å². The number of anilines is 2. The zero-order chi connectivity index (χ0) is 24.1. The molecular formula is C24H22FN5O4. The summed E-state index contributed by atoms with van der Waals surface area (Å²) in [5.41, 5.74) is 2.09. The summed E-state index contributed by atoms with van der Waals surface area (Å²) in [7, 11) is 1.45. The number of hydrogen-bond donors (Lipinski definition) is 3. The van der Waals surface area contributed by atoms with E-state index in [1.807, 2.05) is 0 Å². The lowest BCUT2D eigenvalue weighted by molar-refractivity contribution is -0.123. The normalized spacial score (nSPS) is 13.1. The third-order valence-electron chi connectivity index (χ3n) is 5.17. The highest BCUT2D eigenvalue weighted by Crippen LogP contribution is 2.31. The molecule has 10 heteroatoms. The third kappa shape index (κ3) is 5.29. The fourth-order valence-electron chi connectivity index (χ4n) is 3.57. The van der Waals surface area contributed by atoms with Crippen molar-refractivity contribution >= 4 is 29.4 Å². The fourth-order valence-corrected chi connectivity index (χ4v) is 3.57. The summed E-state index contributed by atoms with van der Waals surface area (Å²) in [4.78, 5) is 42.4. The molecule has 2 heterocycles. The Morgan fingerprint density at radius 1 is 1.12 bits per heavy atom. The standard InChI is InChI=1S/C24H22FN5O4/c1-34-20-13-17(25)5-6-19(20)15-7-8-26-21(12-15)29-24(33)28-18-4-2-3-16(11-18)23(32)30-10-9-27-22(31)14-30/h2-8,11-13H,9-10,14H2,1H3,(H,27,31)(H2,26,28,29,33). The van der Waals surface area contributed by atoms with Gasteiger partial charge in [0.2, 0.25) is 5.91 Å². The Morgan fingerprint density at radius 2 is 1.97 bits per heavy atom. The molecule has 0 atom stereocenters. The summed E-state index contributed by atoms with van der Waals surface area (Å²) in [5.74, 6) is -0.290. The van der Waals surface area contributed by atoms with Gasteiger partial charge in [0.05, 0.1) is 13.7 Å². The molecule has 174 valence electrons. The highest BCUT2D eigenvalue weighted by atomic mass is 19.1. The van der Waals surface area contributed by atoms with Gasteiger partial charge < -0.3 is 20.3 Å². The van der Waals surface area contributed by atoms with Gasteiger partial charge in [-0.2, -0.15) is 0 Å². The van der Waals surface area contributed by atoms with Gasteiger partial charge in [-0.15, -0.1) is 0 Å². The van der Waals surface area contributed by atoms with Gasteiger partial charge in [0, 0.05) is 42.2 Å². The quantitative estimate of drug-likeness (QED) is 0.538. The molecule has 1 aromatic heterocycles. The van der Waals surface area contributed by atoms with E-state index in [1.54, 1.807) is 42.5 Å². The van der Waals surface area contributed by atoms with E-state index in [2.05, 4.69) is 20.9 Å². The van der Waals surface area contributed by atoms with Crippen LogP contribution >= 0.6 is 0 Å². The second-order valence-electron chi connectivity index (χ2n) is 7.51. The number of urea groups is 1. The van der Waals surface area contributed by atoms with Gasteiger partial charge in [-0.1, -0.05) is 6.07 Å². The van der Waals surface area contributed by atoms with Crippen molar-refractivity contribution in [1.29, 1.82) is 0 Å². The zero-order valence-electron chi connectivity index (χ0n) is 18.3. The second kappa shape index (κ2) is 9.99. The summed E-state index contributed by atoms with van der Waals surface area (Å²) >= 11 is 0. The van der Waals surface area contributed by atoms with E-state index in [9.17, 15) is 18.8 Å². The number of ether oxygens (including phenoxy) is 1. The van der Waals surface area contributed by atoms with Gasteiger partial charge in [0.1, 0.15) is 17.4 Å². The molecule has 3 aromatic rings. The van der Waals surface area contributed by atoms with Crippen LogP contribution in [0.15, 0.2) is 60.8 Å². The summed E-state index contributed by atoms with van der Waals surface area (Å²) in [6.45, 7) is 0.822. The Labute approximate surface area is 194 Å². The molecule has 0 bridgehead atoms. The van der Waals surface area contributed by atoms with Gasteiger partial charge in [-0.05, 0) is 48.0 Å². The van der Waals surface area contributed by atoms with Crippen LogP contribution < -0.4 is 20.7 Å². The van der Waals surface area contributed by atoms with E-state index in [-0.39, 0.29) is 24.2 Å². The highest BCUT2D eigenvalue weighted by Gasteiger charge is 2.22. The van der Waals surface area contributed by atoms with E-state index >= 15 is 0 Å². The Morgan fingerprint density at radius 3 is 2.76 bits per heavy atom. The number of pyridine rings is 1. The number of rotatable bonds is 5. The number of methoxy groups -OCH3 is 1. The van der Waals surface area contributed by atoms with Crippen molar-refractivity contribution < 1.29 is 23.5 Å². The minimum absolute atomic E-state index is 0.00216. The molecule has 0 aliphatic carbocycles. The summed E-state index contributed by atoms with van der Waals surface area (Å²) in [6, 6.07) is 13.4. The SMILES string of the molecule is COc1cc(F)ccc1-c1ccnc(NC(=O)Nc2cccc(C(=O)N3CCNC(=O)C3)c2)c1. The van der Waals surface area contributed by atoms with Gasteiger partial charge in [0.25, 0.3) is 5.91 Å². The number of aromatic nitrogens is 1. The summed E-state index contributed by atoms with van der Waals surface area (Å²) in [5, 5.41) is 7.99. The van der Waals surface area contributed by atoms with E-state index in [4.69, 9.17) is 4.74 Å². The Kier molecular flexibility index (Phi) is 6.67. The number of benzene rings is 2. The molecule has 4 amide bonds. The van der Waals surface area contributed by atoms with Crippen molar-refractivity contribution in [2.45, 2.75) is 0 Å². The number of piperazine rings is 1. The molecule has 0 radical (unpaired) electrons. The predicted molar refractivity (Wildman–Crippen MR) is 124 cm³/mol. The molecule has 34 heavy (non-hydrogen) atoms.